The van der Waals surface area contributed by atoms with Crippen LogP contribution < -0.4 is 0 Å². The molecule has 1 aliphatic carbocycles. The van der Waals surface area contributed by atoms with Crippen LogP contribution in [-0.4, -0.2) is 24.0 Å². The lowest BCUT2D eigenvalue weighted by atomic mass is 9.89. The quantitative estimate of drug-likeness (QED) is 0.801. The van der Waals surface area contributed by atoms with E-state index in [4.69, 9.17) is 0 Å². The van der Waals surface area contributed by atoms with E-state index in [2.05, 4.69) is 59.5 Å². The first kappa shape index (κ1) is 13.1. The first-order valence-corrected chi connectivity index (χ1v) is 8.26. The molecule has 1 nitrogen and oxygen atoms in total. The van der Waals surface area contributed by atoms with Crippen molar-refractivity contribution in [2.24, 2.45) is 0 Å². The Morgan fingerprint density at radius 1 is 0.714 bits per heavy atom. The number of fused-ring (bicyclic) bond motifs is 1. The molecule has 108 valence electrons. The van der Waals surface area contributed by atoms with Gasteiger partial charge in [0.1, 0.15) is 0 Å². The van der Waals surface area contributed by atoms with Crippen molar-refractivity contribution in [3.63, 3.8) is 0 Å². The molecule has 1 fully saturated rings. The third kappa shape index (κ3) is 2.63. The van der Waals surface area contributed by atoms with Crippen LogP contribution in [0.4, 0.5) is 0 Å². The Labute approximate surface area is 127 Å². The Hall–Kier alpha value is -1.60. The lowest BCUT2D eigenvalue weighted by Crippen LogP contribution is -2.41. The Morgan fingerprint density at radius 2 is 1.29 bits per heavy atom. The first-order chi connectivity index (χ1) is 10.4. The molecule has 2 aromatic carbocycles. The number of hydrogen-bond donors (Lipinski definition) is 0. The Balaban J connectivity index is 1.39. The predicted molar refractivity (Wildman–Crippen MR) is 87.6 cm³/mol. The molecule has 0 spiro atoms. The van der Waals surface area contributed by atoms with Gasteiger partial charge in [-0.15, -0.1) is 0 Å². The molecule has 0 saturated carbocycles. The fraction of sp³-hybridized carbons (Fsp3) is 0.400. The van der Waals surface area contributed by atoms with Crippen LogP contribution in [0.25, 0.3) is 0 Å². The van der Waals surface area contributed by atoms with Crippen LogP contribution in [0.5, 0.6) is 0 Å². The van der Waals surface area contributed by atoms with E-state index in [1.165, 1.54) is 44.3 Å². The summed E-state index contributed by atoms with van der Waals surface area (Å²) in [6.07, 6.45) is 5.14. The fourth-order valence-electron chi connectivity index (χ4n) is 4.12. The number of rotatable bonds is 2. The highest BCUT2D eigenvalue weighted by molar-refractivity contribution is 5.33. The van der Waals surface area contributed by atoms with E-state index in [1.807, 2.05) is 0 Å². The van der Waals surface area contributed by atoms with Crippen LogP contribution in [0.1, 0.15) is 35.4 Å². The van der Waals surface area contributed by atoms with Crippen molar-refractivity contribution in [3.8, 4) is 0 Å². The van der Waals surface area contributed by atoms with Crippen molar-refractivity contribution in [2.75, 3.05) is 13.1 Å². The average molecular weight is 277 g/mol. The van der Waals surface area contributed by atoms with Crippen LogP contribution in [0, 0.1) is 0 Å². The Morgan fingerprint density at radius 3 is 1.90 bits per heavy atom. The molecule has 4 rings (SSSR count). The second-order valence-corrected chi connectivity index (χ2v) is 6.55. The molecule has 21 heavy (non-hydrogen) atoms. The molecule has 0 radical (unpaired) electrons. The molecule has 0 aromatic heterocycles. The normalized spacial score (nSPS) is 20.6. The van der Waals surface area contributed by atoms with E-state index >= 15 is 0 Å². The van der Waals surface area contributed by atoms with Crippen LogP contribution in [0.2, 0.25) is 0 Å². The highest BCUT2D eigenvalue weighted by Crippen LogP contribution is 2.32. The summed E-state index contributed by atoms with van der Waals surface area (Å²) >= 11 is 0. The molecular formula is C20H23N. The molecule has 1 heterocycles. The maximum Gasteiger partial charge on any atom is 0.0176 e. The summed E-state index contributed by atoms with van der Waals surface area (Å²) in [5.74, 6) is 0.770. The van der Waals surface area contributed by atoms with Crippen molar-refractivity contribution in [2.45, 2.75) is 37.6 Å². The fourth-order valence-corrected chi connectivity index (χ4v) is 4.12. The summed E-state index contributed by atoms with van der Waals surface area (Å²) in [5.41, 5.74) is 4.69. The summed E-state index contributed by atoms with van der Waals surface area (Å²) in [7, 11) is 0. The maximum atomic E-state index is 2.74. The first-order valence-electron chi connectivity index (χ1n) is 8.26. The number of piperidine rings is 1. The third-order valence-corrected chi connectivity index (χ3v) is 5.35. The van der Waals surface area contributed by atoms with Crippen molar-refractivity contribution >= 4 is 0 Å². The van der Waals surface area contributed by atoms with Gasteiger partial charge in [-0.2, -0.15) is 0 Å². The maximum absolute atomic E-state index is 2.74. The van der Waals surface area contributed by atoms with Gasteiger partial charge in [0.05, 0.1) is 0 Å². The van der Waals surface area contributed by atoms with E-state index < -0.39 is 0 Å². The zero-order chi connectivity index (χ0) is 14.1. The van der Waals surface area contributed by atoms with E-state index in [0.29, 0.717) is 0 Å². The lowest BCUT2D eigenvalue weighted by molar-refractivity contribution is 0.156. The predicted octanol–water partition coefficient (Wildman–Crippen LogP) is 4.03. The van der Waals surface area contributed by atoms with Crippen LogP contribution in [0.3, 0.4) is 0 Å². The minimum atomic E-state index is 0.749. The number of nitrogens with zero attached hydrogens (tertiary/aromatic N) is 1. The number of likely N-dealkylation sites (tertiary alicyclic amines) is 1. The van der Waals surface area contributed by atoms with E-state index in [9.17, 15) is 0 Å². The van der Waals surface area contributed by atoms with E-state index in [-0.39, 0.29) is 0 Å². The van der Waals surface area contributed by atoms with Gasteiger partial charge in [-0.1, -0.05) is 54.6 Å². The van der Waals surface area contributed by atoms with Crippen molar-refractivity contribution in [3.05, 3.63) is 71.3 Å². The summed E-state index contributed by atoms with van der Waals surface area (Å²) < 4.78 is 0. The molecule has 1 aliphatic heterocycles. The molecule has 1 heteroatoms. The molecule has 0 unspecified atom stereocenters. The Bertz CT molecular complexity index is 571. The highest BCUT2D eigenvalue weighted by atomic mass is 15.2. The van der Waals surface area contributed by atoms with Gasteiger partial charge in [0, 0.05) is 6.04 Å². The van der Waals surface area contributed by atoms with Gasteiger partial charge in [-0.3, -0.25) is 4.90 Å². The SMILES string of the molecule is c1ccc(C2CCN(C3Cc4ccccc4C3)CC2)cc1. The summed E-state index contributed by atoms with van der Waals surface area (Å²) in [6.45, 7) is 2.52. The van der Waals surface area contributed by atoms with Gasteiger partial charge in [-0.25, -0.2) is 0 Å². The standard InChI is InChI=1S/C20H23N/c1-2-6-16(7-3-1)17-10-12-21(13-11-17)20-14-18-8-4-5-9-19(18)15-20/h1-9,17,20H,10-15H2. The van der Waals surface area contributed by atoms with Crippen molar-refractivity contribution < 1.29 is 0 Å². The molecule has 0 bridgehead atoms. The number of hydrogen-bond acceptors (Lipinski definition) is 1. The molecule has 2 aliphatic rings. The van der Waals surface area contributed by atoms with Gasteiger partial charge in [0.2, 0.25) is 0 Å². The van der Waals surface area contributed by atoms with Crippen molar-refractivity contribution in [1.82, 2.24) is 4.90 Å². The summed E-state index contributed by atoms with van der Waals surface area (Å²) in [4.78, 5) is 2.74. The lowest BCUT2D eigenvalue weighted by Gasteiger charge is -2.36. The van der Waals surface area contributed by atoms with Gasteiger partial charge >= 0.3 is 0 Å². The Kier molecular flexibility index (Phi) is 3.52. The van der Waals surface area contributed by atoms with Gasteiger partial charge in [0.25, 0.3) is 0 Å². The minimum Gasteiger partial charge on any atom is -0.300 e. The van der Waals surface area contributed by atoms with Crippen LogP contribution >= 0.6 is 0 Å². The topological polar surface area (TPSA) is 3.24 Å². The third-order valence-electron chi connectivity index (χ3n) is 5.35. The summed E-state index contributed by atoms with van der Waals surface area (Å²) in [6, 6.07) is 20.8. The zero-order valence-electron chi connectivity index (χ0n) is 12.5. The molecule has 0 amide bonds. The molecule has 0 N–H and O–H groups in total. The van der Waals surface area contributed by atoms with E-state index in [0.717, 1.165) is 12.0 Å². The molecular weight excluding hydrogens is 254 g/mol. The molecule has 1 saturated heterocycles. The summed E-state index contributed by atoms with van der Waals surface area (Å²) in [5, 5.41) is 0. The number of benzene rings is 2. The molecule has 0 atom stereocenters. The van der Waals surface area contributed by atoms with Gasteiger partial charge < -0.3 is 0 Å². The minimum absolute atomic E-state index is 0.749. The largest absolute Gasteiger partial charge is 0.300 e. The second kappa shape index (κ2) is 5.65. The highest BCUT2D eigenvalue weighted by Gasteiger charge is 2.29. The average Bonchev–Trinajstić information content (AvgIpc) is 3.00. The van der Waals surface area contributed by atoms with Crippen molar-refractivity contribution in [1.29, 1.82) is 0 Å². The zero-order valence-corrected chi connectivity index (χ0v) is 12.5. The van der Waals surface area contributed by atoms with Gasteiger partial charge in [-0.05, 0) is 61.4 Å². The monoisotopic (exact) mass is 277 g/mol. The van der Waals surface area contributed by atoms with Crippen LogP contribution in [0.15, 0.2) is 54.6 Å². The second-order valence-electron chi connectivity index (χ2n) is 6.55. The molecule has 2 aromatic rings. The van der Waals surface area contributed by atoms with E-state index in [1.54, 1.807) is 11.1 Å². The van der Waals surface area contributed by atoms with Gasteiger partial charge in [0.15, 0.2) is 0 Å². The van der Waals surface area contributed by atoms with Crippen LogP contribution in [-0.2, 0) is 12.8 Å². The smallest absolute Gasteiger partial charge is 0.0176 e.